The van der Waals surface area contributed by atoms with Gasteiger partial charge < -0.3 is 9.57 Å². The monoisotopic (exact) mass is 235 g/mol. The Morgan fingerprint density at radius 1 is 1.62 bits per heavy atom. The zero-order valence-corrected chi connectivity index (χ0v) is 9.28. The third-order valence-electron chi connectivity index (χ3n) is 2.23. The van der Waals surface area contributed by atoms with E-state index in [2.05, 4.69) is 11.1 Å². The Kier molecular flexibility index (Phi) is 3.33. The van der Waals surface area contributed by atoms with Crippen LogP contribution in [0.1, 0.15) is 18.1 Å². The molecule has 0 aliphatic carbocycles. The molecular weight excluding hydrogens is 226 g/mol. The van der Waals surface area contributed by atoms with E-state index in [1.807, 2.05) is 12.1 Å². The van der Waals surface area contributed by atoms with Crippen molar-refractivity contribution in [3.05, 3.63) is 28.8 Å². The Hall–Kier alpha value is -1.66. The van der Waals surface area contributed by atoms with Crippen molar-refractivity contribution in [3.63, 3.8) is 0 Å². The minimum absolute atomic E-state index is 0.179. The molecule has 0 amide bonds. The molecule has 0 aromatic heterocycles. The molecule has 82 valence electrons. The van der Waals surface area contributed by atoms with E-state index in [0.717, 1.165) is 5.56 Å². The fraction of sp³-hybridized carbons (Fsp3) is 0.250. The van der Waals surface area contributed by atoms with E-state index in [1.54, 1.807) is 12.3 Å². The highest BCUT2D eigenvalue weighted by atomic mass is 35.5. The van der Waals surface area contributed by atoms with E-state index in [-0.39, 0.29) is 12.7 Å². The number of hydrogen-bond donors (Lipinski definition) is 0. The molecule has 0 radical (unpaired) electrons. The largest absolute Gasteiger partial charge is 0.480 e. The topological polar surface area (TPSA) is 30.8 Å². The first-order chi connectivity index (χ1) is 7.83. The molecule has 0 fully saturated rings. The van der Waals surface area contributed by atoms with Crippen molar-refractivity contribution < 1.29 is 9.57 Å². The molecular formula is C12H10ClNO2. The van der Waals surface area contributed by atoms with Crippen LogP contribution < -0.4 is 4.74 Å². The first kappa shape index (κ1) is 10.8. The van der Waals surface area contributed by atoms with Gasteiger partial charge in [0.15, 0.2) is 6.10 Å². The molecule has 1 aromatic carbocycles. The van der Waals surface area contributed by atoms with E-state index < -0.39 is 0 Å². The number of benzene rings is 1. The van der Waals surface area contributed by atoms with Crippen LogP contribution in [-0.2, 0) is 4.84 Å². The Bertz CT molecular complexity index is 443. The van der Waals surface area contributed by atoms with Crippen LogP contribution in [-0.4, -0.2) is 12.8 Å². The van der Waals surface area contributed by atoms with Crippen LogP contribution in [0.15, 0.2) is 23.4 Å². The standard InChI is InChI=1S/C12H10ClNO2/c1-2-8-15-10-5-3-4-9(13)12(10)11-6-7-14-16-11/h1,3-5,7,11H,6,8H2/t11-/m0/s1. The van der Waals surface area contributed by atoms with Crippen LogP contribution in [0.4, 0.5) is 0 Å². The van der Waals surface area contributed by atoms with Gasteiger partial charge in [-0.3, -0.25) is 0 Å². The minimum atomic E-state index is -0.179. The molecule has 1 aliphatic heterocycles. The number of nitrogens with zero attached hydrogens (tertiary/aromatic N) is 1. The lowest BCUT2D eigenvalue weighted by Gasteiger charge is -2.15. The summed E-state index contributed by atoms with van der Waals surface area (Å²) in [6.45, 7) is 0.209. The molecule has 0 N–H and O–H groups in total. The number of ether oxygens (including phenoxy) is 1. The predicted molar refractivity (Wildman–Crippen MR) is 62.7 cm³/mol. The summed E-state index contributed by atoms with van der Waals surface area (Å²) in [4.78, 5) is 5.19. The summed E-state index contributed by atoms with van der Waals surface area (Å²) in [5, 5.41) is 4.33. The highest BCUT2D eigenvalue weighted by Gasteiger charge is 2.23. The minimum Gasteiger partial charge on any atom is -0.480 e. The number of terminal acetylenes is 1. The number of oxime groups is 1. The molecule has 0 saturated heterocycles. The van der Waals surface area contributed by atoms with E-state index in [4.69, 9.17) is 27.6 Å². The highest BCUT2D eigenvalue weighted by Crippen LogP contribution is 2.37. The van der Waals surface area contributed by atoms with E-state index in [0.29, 0.717) is 17.2 Å². The number of halogens is 1. The van der Waals surface area contributed by atoms with E-state index in [9.17, 15) is 0 Å². The molecule has 1 atom stereocenters. The zero-order valence-electron chi connectivity index (χ0n) is 8.52. The maximum Gasteiger partial charge on any atom is 0.162 e. The van der Waals surface area contributed by atoms with Crippen molar-refractivity contribution in [2.24, 2.45) is 5.16 Å². The normalized spacial score (nSPS) is 17.9. The van der Waals surface area contributed by atoms with Gasteiger partial charge in [0, 0.05) is 12.6 Å². The summed E-state index contributed by atoms with van der Waals surface area (Å²) in [5.74, 6) is 3.07. The van der Waals surface area contributed by atoms with Gasteiger partial charge in [-0.1, -0.05) is 28.7 Å². The van der Waals surface area contributed by atoms with Crippen molar-refractivity contribution in [2.75, 3.05) is 6.61 Å². The fourth-order valence-corrected chi connectivity index (χ4v) is 1.83. The SMILES string of the molecule is C#CCOc1cccc(Cl)c1[C@@H]1CC=NO1. The Balaban J connectivity index is 2.29. The van der Waals surface area contributed by atoms with Gasteiger partial charge in [-0.2, -0.15) is 0 Å². The fourth-order valence-electron chi connectivity index (χ4n) is 1.54. The molecule has 0 saturated carbocycles. The Morgan fingerprint density at radius 3 is 3.19 bits per heavy atom. The first-order valence-corrected chi connectivity index (χ1v) is 5.23. The lowest BCUT2D eigenvalue weighted by atomic mass is 10.1. The lowest BCUT2D eigenvalue weighted by molar-refractivity contribution is 0.0835. The van der Waals surface area contributed by atoms with Crippen LogP contribution >= 0.6 is 11.6 Å². The molecule has 0 unspecified atom stereocenters. The smallest absolute Gasteiger partial charge is 0.162 e. The van der Waals surface area contributed by atoms with Gasteiger partial charge in [-0.25, -0.2) is 0 Å². The second kappa shape index (κ2) is 4.91. The van der Waals surface area contributed by atoms with Gasteiger partial charge in [-0.15, -0.1) is 6.42 Å². The van der Waals surface area contributed by atoms with E-state index >= 15 is 0 Å². The van der Waals surface area contributed by atoms with Gasteiger partial charge in [0.05, 0.1) is 10.6 Å². The van der Waals surface area contributed by atoms with Crippen molar-refractivity contribution >= 4 is 17.8 Å². The molecule has 4 heteroatoms. The molecule has 1 aliphatic rings. The molecule has 1 heterocycles. The third kappa shape index (κ3) is 2.12. The first-order valence-electron chi connectivity index (χ1n) is 4.85. The summed E-state index contributed by atoms with van der Waals surface area (Å²) in [7, 11) is 0. The van der Waals surface area contributed by atoms with Crippen molar-refractivity contribution in [1.29, 1.82) is 0 Å². The molecule has 1 aromatic rings. The summed E-state index contributed by atoms with van der Waals surface area (Å²) in [5.41, 5.74) is 0.803. The van der Waals surface area contributed by atoms with Crippen molar-refractivity contribution in [1.82, 2.24) is 0 Å². The summed E-state index contributed by atoms with van der Waals surface area (Å²) in [6.07, 6.45) is 7.37. The van der Waals surface area contributed by atoms with E-state index in [1.165, 1.54) is 0 Å². The molecule has 3 nitrogen and oxygen atoms in total. The highest BCUT2D eigenvalue weighted by molar-refractivity contribution is 6.31. The van der Waals surface area contributed by atoms with Gasteiger partial charge in [0.25, 0.3) is 0 Å². The Labute approximate surface area is 99.0 Å². The second-order valence-corrected chi connectivity index (χ2v) is 3.67. The van der Waals surface area contributed by atoms with Crippen LogP contribution in [0.3, 0.4) is 0 Å². The molecule has 16 heavy (non-hydrogen) atoms. The Morgan fingerprint density at radius 2 is 2.50 bits per heavy atom. The van der Waals surface area contributed by atoms with Crippen LogP contribution in [0.5, 0.6) is 5.75 Å². The second-order valence-electron chi connectivity index (χ2n) is 3.26. The average Bonchev–Trinajstić information content (AvgIpc) is 2.79. The van der Waals surface area contributed by atoms with Gasteiger partial charge in [0.1, 0.15) is 12.4 Å². The predicted octanol–water partition coefficient (Wildman–Crippen LogP) is 2.80. The third-order valence-corrected chi connectivity index (χ3v) is 2.56. The van der Waals surface area contributed by atoms with Crippen LogP contribution in [0.25, 0.3) is 0 Å². The van der Waals surface area contributed by atoms with Gasteiger partial charge in [-0.05, 0) is 12.1 Å². The number of hydrogen-bond acceptors (Lipinski definition) is 3. The average molecular weight is 236 g/mol. The maximum atomic E-state index is 6.12. The molecule has 0 spiro atoms. The van der Waals surface area contributed by atoms with Gasteiger partial charge in [0.2, 0.25) is 0 Å². The van der Waals surface area contributed by atoms with Crippen LogP contribution in [0, 0.1) is 12.3 Å². The van der Waals surface area contributed by atoms with Crippen molar-refractivity contribution in [3.8, 4) is 18.1 Å². The van der Waals surface area contributed by atoms with Crippen molar-refractivity contribution in [2.45, 2.75) is 12.5 Å². The van der Waals surface area contributed by atoms with Gasteiger partial charge >= 0.3 is 0 Å². The zero-order chi connectivity index (χ0) is 11.4. The quantitative estimate of drug-likeness (QED) is 0.755. The maximum absolute atomic E-state index is 6.12. The lowest BCUT2D eigenvalue weighted by Crippen LogP contribution is -2.03. The molecule has 0 bridgehead atoms. The van der Waals surface area contributed by atoms with Crippen LogP contribution in [0.2, 0.25) is 5.02 Å². The summed E-state index contributed by atoms with van der Waals surface area (Å²) >= 11 is 6.12. The summed E-state index contributed by atoms with van der Waals surface area (Å²) in [6, 6.07) is 5.43. The molecule has 2 rings (SSSR count). The summed E-state index contributed by atoms with van der Waals surface area (Å²) < 4.78 is 5.42. The number of rotatable bonds is 3.